The van der Waals surface area contributed by atoms with E-state index < -0.39 is 5.63 Å². The quantitative estimate of drug-likeness (QED) is 0.384. The zero-order chi connectivity index (χ0) is 18.5. The standard InChI is InChI=1S/C20H13ClN2O3S/c1-2-25-16-5-3-4-11-8-13(19(24)26-18(11)16)14-10-23-15-7-6-12(21)9-17(15)27-20(23)22-14/h3-10H,2H2,1H3. The highest BCUT2D eigenvalue weighted by Gasteiger charge is 2.16. The molecule has 0 spiro atoms. The van der Waals surface area contributed by atoms with Gasteiger partial charge in [-0.1, -0.05) is 35.1 Å². The van der Waals surface area contributed by atoms with Gasteiger partial charge in [0.15, 0.2) is 16.3 Å². The molecule has 7 heteroatoms. The Balaban J connectivity index is 1.70. The monoisotopic (exact) mass is 396 g/mol. The Morgan fingerprint density at radius 2 is 2.15 bits per heavy atom. The van der Waals surface area contributed by atoms with E-state index >= 15 is 0 Å². The van der Waals surface area contributed by atoms with Crippen molar-refractivity contribution in [1.82, 2.24) is 9.38 Å². The Morgan fingerprint density at radius 1 is 1.26 bits per heavy atom. The van der Waals surface area contributed by atoms with Crippen LogP contribution in [0.2, 0.25) is 5.02 Å². The topological polar surface area (TPSA) is 56.7 Å². The van der Waals surface area contributed by atoms with Crippen LogP contribution in [0.3, 0.4) is 0 Å². The van der Waals surface area contributed by atoms with Gasteiger partial charge >= 0.3 is 5.63 Å². The molecule has 0 unspecified atom stereocenters. The first-order chi connectivity index (χ1) is 13.1. The van der Waals surface area contributed by atoms with Crippen molar-refractivity contribution in [2.45, 2.75) is 6.92 Å². The van der Waals surface area contributed by atoms with Gasteiger partial charge in [-0.2, -0.15) is 0 Å². The number of hydrogen-bond acceptors (Lipinski definition) is 5. The third kappa shape index (κ3) is 2.60. The fourth-order valence-electron chi connectivity index (χ4n) is 3.17. The van der Waals surface area contributed by atoms with Crippen LogP contribution in [0.4, 0.5) is 0 Å². The second-order valence-electron chi connectivity index (χ2n) is 6.05. The second-order valence-corrected chi connectivity index (χ2v) is 7.49. The zero-order valence-corrected chi connectivity index (χ0v) is 15.8. The van der Waals surface area contributed by atoms with Crippen LogP contribution in [-0.4, -0.2) is 16.0 Å². The summed E-state index contributed by atoms with van der Waals surface area (Å²) in [6, 6.07) is 13.1. The maximum absolute atomic E-state index is 12.6. The van der Waals surface area contributed by atoms with Gasteiger partial charge in [-0.15, -0.1) is 0 Å². The van der Waals surface area contributed by atoms with Crippen LogP contribution in [0, 0.1) is 0 Å². The van der Waals surface area contributed by atoms with Gasteiger partial charge in [0, 0.05) is 16.6 Å². The van der Waals surface area contributed by atoms with Crippen molar-refractivity contribution in [3.05, 3.63) is 64.1 Å². The molecule has 0 atom stereocenters. The van der Waals surface area contributed by atoms with Crippen LogP contribution in [0.15, 0.2) is 57.9 Å². The predicted octanol–water partition coefficient (Wildman–Crippen LogP) is 5.37. The van der Waals surface area contributed by atoms with Crippen molar-refractivity contribution >= 4 is 49.1 Å². The molecule has 0 aliphatic rings. The summed E-state index contributed by atoms with van der Waals surface area (Å²) >= 11 is 7.59. The summed E-state index contributed by atoms with van der Waals surface area (Å²) in [5.74, 6) is 0.562. The molecule has 3 aromatic heterocycles. The molecule has 0 N–H and O–H groups in total. The third-order valence-corrected chi connectivity index (χ3v) is 5.61. The van der Waals surface area contributed by atoms with Gasteiger partial charge in [-0.25, -0.2) is 9.78 Å². The number of thiazole rings is 1. The molecule has 0 amide bonds. The van der Waals surface area contributed by atoms with Gasteiger partial charge in [0.25, 0.3) is 0 Å². The van der Waals surface area contributed by atoms with Crippen molar-refractivity contribution < 1.29 is 9.15 Å². The SMILES string of the molecule is CCOc1cccc2cc(-c3cn4c(n3)sc3cc(Cl)ccc34)c(=O)oc12. The van der Waals surface area contributed by atoms with Crippen molar-refractivity contribution in [3.63, 3.8) is 0 Å². The zero-order valence-electron chi connectivity index (χ0n) is 14.2. The lowest BCUT2D eigenvalue weighted by Gasteiger charge is -2.06. The summed E-state index contributed by atoms with van der Waals surface area (Å²) in [5.41, 5.74) is 2.02. The highest BCUT2D eigenvalue weighted by atomic mass is 35.5. The van der Waals surface area contributed by atoms with E-state index in [0.717, 1.165) is 20.6 Å². The van der Waals surface area contributed by atoms with Gasteiger partial charge in [-0.3, -0.25) is 4.40 Å². The van der Waals surface area contributed by atoms with E-state index in [2.05, 4.69) is 4.98 Å². The lowest BCUT2D eigenvalue weighted by atomic mass is 10.1. The van der Waals surface area contributed by atoms with E-state index in [9.17, 15) is 4.79 Å². The molecule has 0 aliphatic carbocycles. The minimum Gasteiger partial charge on any atom is -0.490 e. The number of rotatable bonds is 3. The number of aromatic nitrogens is 2. The number of nitrogens with zero attached hydrogens (tertiary/aromatic N) is 2. The number of para-hydroxylation sites is 1. The summed E-state index contributed by atoms with van der Waals surface area (Å²) in [7, 11) is 0. The Labute approximate surface area is 162 Å². The van der Waals surface area contributed by atoms with Gasteiger partial charge in [0.2, 0.25) is 0 Å². The summed E-state index contributed by atoms with van der Waals surface area (Å²) in [6.45, 7) is 2.39. The fraction of sp³-hybridized carbons (Fsp3) is 0.100. The maximum atomic E-state index is 12.6. The van der Waals surface area contributed by atoms with Gasteiger partial charge < -0.3 is 9.15 Å². The Hall–Kier alpha value is -2.83. The summed E-state index contributed by atoms with van der Waals surface area (Å²) in [6.07, 6.45) is 1.85. The van der Waals surface area contributed by atoms with E-state index in [1.54, 1.807) is 12.1 Å². The second kappa shape index (κ2) is 6.11. The van der Waals surface area contributed by atoms with E-state index in [0.29, 0.717) is 34.2 Å². The van der Waals surface area contributed by atoms with Crippen molar-refractivity contribution in [2.75, 3.05) is 6.61 Å². The van der Waals surface area contributed by atoms with Crippen LogP contribution in [-0.2, 0) is 0 Å². The van der Waals surface area contributed by atoms with Gasteiger partial charge in [0.05, 0.1) is 28.1 Å². The molecule has 134 valence electrons. The normalized spacial score (nSPS) is 11.6. The number of fused-ring (bicyclic) bond motifs is 4. The van der Waals surface area contributed by atoms with Crippen molar-refractivity contribution in [3.8, 4) is 17.0 Å². The molecule has 3 heterocycles. The van der Waals surface area contributed by atoms with Crippen LogP contribution in [0.5, 0.6) is 5.75 Å². The number of hydrogen-bond donors (Lipinski definition) is 0. The Morgan fingerprint density at radius 3 is 3.00 bits per heavy atom. The van der Waals surface area contributed by atoms with E-state index in [1.807, 2.05) is 47.9 Å². The van der Waals surface area contributed by atoms with Crippen LogP contribution < -0.4 is 10.4 Å². The average Bonchev–Trinajstić information content (AvgIpc) is 3.19. The minimum absolute atomic E-state index is 0.425. The summed E-state index contributed by atoms with van der Waals surface area (Å²) in [5, 5.41) is 1.48. The lowest BCUT2D eigenvalue weighted by molar-refractivity contribution is 0.337. The largest absolute Gasteiger partial charge is 0.490 e. The first kappa shape index (κ1) is 16.4. The molecule has 5 rings (SSSR count). The van der Waals surface area contributed by atoms with Crippen LogP contribution in [0.25, 0.3) is 37.4 Å². The molecule has 0 fully saturated rings. The molecule has 27 heavy (non-hydrogen) atoms. The van der Waals surface area contributed by atoms with Crippen molar-refractivity contribution in [2.24, 2.45) is 0 Å². The molecule has 0 bridgehead atoms. The van der Waals surface area contributed by atoms with E-state index in [4.69, 9.17) is 20.8 Å². The molecule has 0 aliphatic heterocycles. The van der Waals surface area contributed by atoms with E-state index in [-0.39, 0.29) is 0 Å². The highest BCUT2D eigenvalue weighted by Crippen LogP contribution is 2.32. The summed E-state index contributed by atoms with van der Waals surface area (Å²) < 4.78 is 14.1. The number of imidazole rings is 1. The minimum atomic E-state index is -0.437. The first-order valence-corrected chi connectivity index (χ1v) is 9.60. The van der Waals surface area contributed by atoms with Crippen LogP contribution >= 0.6 is 22.9 Å². The average molecular weight is 397 g/mol. The smallest absolute Gasteiger partial charge is 0.345 e. The summed E-state index contributed by atoms with van der Waals surface area (Å²) in [4.78, 5) is 18.0. The molecular formula is C20H13ClN2O3S. The number of halogens is 1. The van der Waals surface area contributed by atoms with Crippen molar-refractivity contribution in [1.29, 1.82) is 0 Å². The Bertz CT molecular complexity index is 1380. The molecule has 5 aromatic rings. The number of benzene rings is 2. The third-order valence-electron chi connectivity index (χ3n) is 4.36. The predicted molar refractivity (Wildman–Crippen MR) is 108 cm³/mol. The maximum Gasteiger partial charge on any atom is 0.345 e. The Kier molecular flexibility index (Phi) is 3.70. The number of ether oxygens (including phenoxy) is 1. The molecule has 0 radical (unpaired) electrons. The lowest BCUT2D eigenvalue weighted by Crippen LogP contribution is -2.04. The molecule has 2 aromatic carbocycles. The van der Waals surface area contributed by atoms with E-state index in [1.165, 1.54) is 11.3 Å². The van der Waals surface area contributed by atoms with Crippen LogP contribution in [0.1, 0.15) is 6.92 Å². The fourth-order valence-corrected chi connectivity index (χ4v) is 4.45. The molecule has 5 nitrogen and oxygen atoms in total. The molecular weight excluding hydrogens is 384 g/mol. The van der Waals surface area contributed by atoms with Gasteiger partial charge in [0.1, 0.15) is 0 Å². The van der Waals surface area contributed by atoms with Gasteiger partial charge in [-0.05, 0) is 37.3 Å². The molecule has 0 saturated heterocycles. The first-order valence-electron chi connectivity index (χ1n) is 8.41. The molecule has 0 saturated carbocycles. The highest BCUT2D eigenvalue weighted by molar-refractivity contribution is 7.23.